The van der Waals surface area contributed by atoms with Crippen molar-refractivity contribution in [2.24, 2.45) is 4.99 Å². The van der Waals surface area contributed by atoms with Crippen molar-refractivity contribution in [3.05, 3.63) is 29.3 Å². The van der Waals surface area contributed by atoms with Gasteiger partial charge < -0.3 is 20.3 Å². The molecule has 2 N–H and O–H groups in total. The molecule has 1 saturated heterocycles. The number of halogens is 2. The lowest BCUT2D eigenvalue weighted by Crippen LogP contribution is -2.44. The summed E-state index contributed by atoms with van der Waals surface area (Å²) in [5.41, 5.74) is 1.16. The second-order valence-electron chi connectivity index (χ2n) is 6.09. The van der Waals surface area contributed by atoms with E-state index in [9.17, 15) is 4.79 Å². The minimum Gasteiger partial charge on any atom is -0.469 e. The number of unbranched alkanes of at least 4 members (excludes halogenated alkanes) is 1. The van der Waals surface area contributed by atoms with Crippen LogP contribution in [0.15, 0.2) is 29.3 Å². The summed E-state index contributed by atoms with van der Waals surface area (Å²) in [6.45, 7) is 2.69. The number of ether oxygens (including phenoxy) is 1. The number of anilines is 1. The number of nitrogens with zero attached hydrogens (tertiary/aromatic N) is 2. The minimum absolute atomic E-state index is 0. The standard InChI is InChI=1S/C18H27ClN4O2.HI/c1-20-18(21-10-4-3-8-17(24)25-2)22-15-9-11-23(13-15)16-7-5-6-14(19)12-16;/h5-7,12,15H,3-4,8-11,13H2,1-2H3,(H2,20,21,22);1H. The number of nitrogens with one attached hydrogen (secondary N) is 2. The lowest BCUT2D eigenvalue weighted by molar-refractivity contribution is -0.140. The van der Waals surface area contributed by atoms with E-state index in [4.69, 9.17) is 11.6 Å². The van der Waals surface area contributed by atoms with Crippen molar-refractivity contribution >= 4 is 53.2 Å². The quantitative estimate of drug-likeness (QED) is 0.201. The lowest BCUT2D eigenvalue weighted by atomic mass is 10.2. The predicted molar refractivity (Wildman–Crippen MR) is 118 cm³/mol. The Balaban J connectivity index is 0.00000338. The third-order valence-electron chi connectivity index (χ3n) is 4.25. The molecule has 0 spiro atoms. The highest BCUT2D eigenvalue weighted by Gasteiger charge is 2.23. The van der Waals surface area contributed by atoms with Crippen LogP contribution in [-0.4, -0.2) is 51.8 Å². The smallest absolute Gasteiger partial charge is 0.305 e. The van der Waals surface area contributed by atoms with Gasteiger partial charge in [0.25, 0.3) is 0 Å². The van der Waals surface area contributed by atoms with Crippen LogP contribution in [0.5, 0.6) is 0 Å². The molecule has 1 aromatic rings. The van der Waals surface area contributed by atoms with Crippen LogP contribution in [0.4, 0.5) is 5.69 Å². The lowest BCUT2D eigenvalue weighted by Gasteiger charge is -2.20. The fourth-order valence-corrected chi connectivity index (χ4v) is 3.06. The van der Waals surface area contributed by atoms with Crippen LogP contribution in [-0.2, 0) is 9.53 Å². The van der Waals surface area contributed by atoms with Gasteiger partial charge in [0, 0.05) is 49.9 Å². The fraction of sp³-hybridized carbons (Fsp3) is 0.556. The molecule has 0 radical (unpaired) electrons. The van der Waals surface area contributed by atoms with E-state index in [1.54, 1.807) is 7.05 Å². The molecule has 1 fully saturated rings. The maximum absolute atomic E-state index is 11.1. The van der Waals surface area contributed by atoms with Gasteiger partial charge in [-0.2, -0.15) is 0 Å². The second kappa shape index (κ2) is 12.2. The van der Waals surface area contributed by atoms with Crippen LogP contribution in [0.2, 0.25) is 5.02 Å². The van der Waals surface area contributed by atoms with E-state index >= 15 is 0 Å². The van der Waals surface area contributed by atoms with E-state index in [1.165, 1.54) is 7.11 Å². The zero-order chi connectivity index (χ0) is 18.1. The van der Waals surface area contributed by atoms with E-state index in [-0.39, 0.29) is 29.9 Å². The van der Waals surface area contributed by atoms with Crippen LogP contribution < -0.4 is 15.5 Å². The Kier molecular flexibility index (Phi) is 10.7. The minimum atomic E-state index is -0.158. The number of benzene rings is 1. The molecular weight excluding hydrogens is 467 g/mol. The Labute approximate surface area is 177 Å². The van der Waals surface area contributed by atoms with Crippen molar-refractivity contribution in [3.8, 4) is 0 Å². The number of guanidine groups is 1. The van der Waals surface area contributed by atoms with Crippen molar-refractivity contribution in [1.82, 2.24) is 10.6 Å². The molecule has 146 valence electrons. The first-order valence-electron chi connectivity index (χ1n) is 8.67. The van der Waals surface area contributed by atoms with Crippen LogP contribution in [0, 0.1) is 0 Å². The summed E-state index contributed by atoms with van der Waals surface area (Å²) in [4.78, 5) is 17.7. The zero-order valence-corrected chi connectivity index (χ0v) is 18.4. The van der Waals surface area contributed by atoms with Gasteiger partial charge in [-0.25, -0.2) is 0 Å². The summed E-state index contributed by atoms with van der Waals surface area (Å²) in [5, 5.41) is 7.52. The first-order chi connectivity index (χ1) is 12.1. The highest BCUT2D eigenvalue weighted by atomic mass is 127. The number of carbonyl (C=O) groups excluding carboxylic acids is 1. The van der Waals surface area contributed by atoms with E-state index in [0.717, 1.165) is 55.6 Å². The first-order valence-corrected chi connectivity index (χ1v) is 9.04. The van der Waals surface area contributed by atoms with E-state index < -0.39 is 0 Å². The molecule has 0 amide bonds. The second-order valence-corrected chi connectivity index (χ2v) is 6.52. The van der Waals surface area contributed by atoms with Gasteiger partial charge in [-0.3, -0.25) is 9.79 Å². The molecule has 6 nitrogen and oxygen atoms in total. The summed E-state index contributed by atoms with van der Waals surface area (Å²) in [6, 6.07) is 8.30. The molecule has 0 aliphatic carbocycles. The first kappa shape index (κ1) is 22.8. The topological polar surface area (TPSA) is 66.0 Å². The average molecular weight is 495 g/mol. The van der Waals surface area contributed by atoms with E-state index in [2.05, 4.69) is 31.3 Å². The SMILES string of the molecule is CN=C(NCCCCC(=O)OC)NC1CCN(c2cccc(Cl)c2)C1.I. The number of hydrogen-bond acceptors (Lipinski definition) is 4. The summed E-state index contributed by atoms with van der Waals surface area (Å²) < 4.78 is 4.63. The van der Waals surface area contributed by atoms with Crippen LogP contribution in [0.1, 0.15) is 25.7 Å². The molecule has 1 heterocycles. The monoisotopic (exact) mass is 494 g/mol. The van der Waals surface area contributed by atoms with Gasteiger partial charge in [0.1, 0.15) is 0 Å². The van der Waals surface area contributed by atoms with E-state index in [0.29, 0.717) is 12.5 Å². The van der Waals surface area contributed by atoms with Gasteiger partial charge >= 0.3 is 5.97 Å². The average Bonchev–Trinajstić information content (AvgIpc) is 3.08. The number of aliphatic imine (C=N–C) groups is 1. The van der Waals surface area contributed by atoms with Crippen LogP contribution >= 0.6 is 35.6 Å². The maximum Gasteiger partial charge on any atom is 0.305 e. The van der Waals surface area contributed by atoms with Crippen molar-refractivity contribution in [2.75, 3.05) is 38.7 Å². The molecule has 0 aromatic heterocycles. The Morgan fingerprint density at radius 2 is 2.23 bits per heavy atom. The predicted octanol–water partition coefficient (Wildman–Crippen LogP) is 3.05. The molecule has 0 saturated carbocycles. The van der Waals surface area contributed by atoms with Gasteiger partial charge in [-0.05, 0) is 37.5 Å². The molecule has 1 aromatic carbocycles. The third kappa shape index (κ3) is 7.57. The highest BCUT2D eigenvalue weighted by Crippen LogP contribution is 2.23. The van der Waals surface area contributed by atoms with Crippen molar-refractivity contribution < 1.29 is 9.53 Å². The number of hydrogen-bond donors (Lipinski definition) is 2. The Morgan fingerprint density at radius 3 is 2.92 bits per heavy atom. The number of rotatable bonds is 7. The van der Waals surface area contributed by atoms with Gasteiger partial charge in [0.15, 0.2) is 5.96 Å². The van der Waals surface area contributed by atoms with Gasteiger partial charge in [0.2, 0.25) is 0 Å². The van der Waals surface area contributed by atoms with Crippen molar-refractivity contribution in [2.45, 2.75) is 31.7 Å². The normalized spacial score (nSPS) is 16.8. The van der Waals surface area contributed by atoms with Crippen molar-refractivity contribution in [3.63, 3.8) is 0 Å². The maximum atomic E-state index is 11.1. The molecule has 1 atom stereocenters. The Bertz CT molecular complexity index is 600. The number of carbonyl (C=O) groups is 1. The number of methoxy groups -OCH3 is 1. The summed E-state index contributed by atoms with van der Waals surface area (Å²) in [5.74, 6) is 0.644. The molecule has 26 heavy (non-hydrogen) atoms. The Morgan fingerprint density at radius 1 is 1.42 bits per heavy atom. The van der Waals surface area contributed by atoms with Crippen LogP contribution in [0.25, 0.3) is 0 Å². The molecule has 1 unspecified atom stereocenters. The summed E-state index contributed by atoms with van der Waals surface area (Å²) in [6.07, 6.45) is 3.22. The fourth-order valence-electron chi connectivity index (χ4n) is 2.88. The number of esters is 1. The van der Waals surface area contributed by atoms with Gasteiger partial charge in [-0.1, -0.05) is 17.7 Å². The molecule has 2 rings (SSSR count). The molecule has 1 aliphatic rings. The largest absolute Gasteiger partial charge is 0.469 e. The summed E-state index contributed by atoms with van der Waals surface area (Å²) >= 11 is 6.08. The molecule has 8 heteroatoms. The molecule has 1 aliphatic heterocycles. The van der Waals surface area contributed by atoms with Gasteiger partial charge in [-0.15, -0.1) is 24.0 Å². The van der Waals surface area contributed by atoms with Crippen molar-refractivity contribution in [1.29, 1.82) is 0 Å². The summed E-state index contributed by atoms with van der Waals surface area (Å²) in [7, 11) is 3.19. The molecular formula is C18H28ClIN4O2. The zero-order valence-electron chi connectivity index (χ0n) is 15.3. The van der Waals surface area contributed by atoms with E-state index in [1.807, 2.05) is 18.2 Å². The Hall–Kier alpha value is -1.22. The highest BCUT2D eigenvalue weighted by molar-refractivity contribution is 14.0. The molecule has 0 bridgehead atoms. The van der Waals surface area contributed by atoms with Gasteiger partial charge in [0.05, 0.1) is 7.11 Å². The van der Waals surface area contributed by atoms with Crippen LogP contribution in [0.3, 0.4) is 0 Å². The third-order valence-corrected chi connectivity index (χ3v) is 4.49.